The number of ether oxygens (including phenoxy) is 1. The molecule has 86 valence electrons. The molecule has 15 heavy (non-hydrogen) atoms. The fraction of sp³-hybridized carbons (Fsp3) is 0.636. The van der Waals surface area contributed by atoms with E-state index in [0.29, 0.717) is 12.2 Å². The van der Waals surface area contributed by atoms with E-state index in [9.17, 15) is 4.79 Å². The van der Waals surface area contributed by atoms with Gasteiger partial charge in [0.15, 0.2) is 0 Å². The summed E-state index contributed by atoms with van der Waals surface area (Å²) in [6.45, 7) is 8.38. The third-order valence-electron chi connectivity index (χ3n) is 1.57. The molecule has 1 aromatic rings. The average Bonchev–Trinajstić information content (AvgIpc) is 2.67. The molecular weight excluding hydrogens is 192 g/mol. The largest absolute Gasteiger partial charge is 0.462 e. The van der Waals surface area contributed by atoms with Crippen LogP contribution in [0, 0.1) is 0 Å². The Labute approximate surface area is 91.0 Å². The Morgan fingerprint density at radius 2 is 2.00 bits per heavy atom. The highest BCUT2D eigenvalue weighted by Crippen LogP contribution is 2.06. The Kier molecular flexibility index (Phi) is 7.32. The fourth-order valence-corrected chi connectivity index (χ4v) is 0.967. The zero-order chi connectivity index (χ0) is 11.7. The van der Waals surface area contributed by atoms with Crippen molar-refractivity contribution in [1.29, 1.82) is 0 Å². The average molecular weight is 212 g/mol. The van der Waals surface area contributed by atoms with Crippen molar-refractivity contribution in [1.82, 2.24) is 10.2 Å². The van der Waals surface area contributed by atoms with Gasteiger partial charge in [-0.15, -0.1) is 0 Å². The molecule has 0 aliphatic rings. The first-order valence-corrected chi connectivity index (χ1v) is 5.40. The highest BCUT2D eigenvalue weighted by molar-refractivity contribution is 5.90. The number of hydrogen-bond acceptors (Lipinski definition) is 3. The number of nitrogens with one attached hydrogen (secondary N) is 1. The van der Waals surface area contributed by atoms with Gasteiger partial charge in [0.2, 0.25) is 0 Å². The predicted molar refractivity (Wildman–Crippen MR) is 59.9 cm³/mol. The van der Waals surface area contributed by atoms with E-state index < -0.39 is 0 Å². The molecule has 0 aliphatic carbocycles. The van der Waals surface area contributed by atoms with Crippen molar-refractivity contribution in [2.45, 2.75) is 40.5 Å². The number of hydrogen-bond donors (Lipinski definition) is 1. The molecule has 0 aromatic carbocycles. The summed E-state index contributed by atoms with van der Waals surface area (Å²) >= 11 is 0. The summed E-state index contributed by atoms with van der Waals surface area (Å²) in [6.07, 6.45) is 3.50. The van der Waals surface area contributed by atoms with Crippen LogP contribution in [-0.2, 0) is 11.2 Å². The van der Waals surface area contributed by atoms with Gasteiger partial charge in [-0.05, 0) is 13.3 Å². The number of H-pyrrole nitrogens is 1. The summed E-state index contributed by atoms with van der Waals surface area (Å²) in [4.78, 5) is 11.2. The Balaban J connectivity index is 0.000000583. The topological polar surface area (TPSA) is 55.0 Å². The smallest absolute Gasteiger partial charge is 0.341 e. The van der Waals surface area contributed by atoms with E-state index >= 15 is 0 Å². The molecule has 0 atom stereocenters. The van der Waals surface area contributed by atoms with E-state index in [2.05, 4.69) is 24.0 Å². The van der Waals surface area contributed by atoms with Gasteiger partial charge >= 0.3 is 5.97 Å². The molecule has 0 aliphatic heterocycles. The quantitative estimate of drug-likeness (QED) is 0.783. The molecule has 4 heteroatoms. The molecule has 1 heterocycles. The Morgan fingerprint density at radius 3 is 2.47 bits per heavy atom. The van der Waals surface area contributed by atoms with Crippen molar-refractivity contribution in [3.63, 3.8) is 0 Å². The lowest BCUT2D eigenvalue weighted by Crippen LogP contribution is -2.05. The maximum absolute atomic E-state index is 11.2. The van der Waals surface area contributed by atoms with Gasteiger partial charge in [-0.3, -0.25) is 5.10 Å². The Morgan fingerprint density at radius 1 is 1.40 bits per heavy atom. The monoisotopic (exact) mass is 212 g/mol. The molecular formula is C11H20N2O2. The highest BCUT2D eigenvalue weighted by atomic mass is 16.5. The van der Waals surface area contributed by atoms with Crippen LogP contribution in [-0.4, -0.2) is 22.8 Å². The molecule has 1 rings (SSSR count). The molecule has 0 fully saturated rings. The van der Waals surface area contributed by atoms with Crippen LogP contribution in [0.25, 0.3) is 0 Å². The first kappa shape index (κ1) is 13.7. The minimum atomic E-state index is -0.303. The molecule has 0 spiro atoms. The highest BCUT2D eigenvalue weighted by Gasteiger charge is 2.12. The fourth-order valence-electron chi connectivity index (χ4n) is 0.967. The van der Waals surface area contributed by atoms with Crippen LogP contribution in [0.1, 0.15) is 50.2 Å². The third-order valence-corrected chi connectivity index (χ3v) is 1.57. The van der Waals surface area contributed by atoms with Gasteiger partial charge in [0.05, 0.1) is 12.8 Å². The van der Waals surface area contributed by atoms with Gasteiger partial charge in [0.1, 0.15) is 5.56 Å². The van der Waals surface area contributed by atoms with Gasteiger partial charge in [-0.2, -0.15) is 5.10 Å². The molecule has 1 N–H and O–H groups in total. The maximum atomic E-state index is 11.2. The van der Waals surface area contributed by atoms with Crippen LogP contribution < -0.4 is 0 Å². The first-order valence-electron chi connectivity index (χ1n) is 5.40. The van der Waals surface area contributed by atoms with Gasteiger partial charge in [0.25, 0.3) is 0 Å². The van der Waals surface area contributed by atoms with E-state index in [1.54, 1.807) is 6.92 Å². The normalized spacial score (nSPS) is 9.07. The third kappa shape index (κ3) is 4.63. The van der Waals surface area contributed by atoms with Gasteiger partial charge in [0, 0.05) is 5.69 Å². The molecule has 0 radical (unpaired) electrons. The second-order valence-corrected chi connectivity index (χ2v) is 3.04. The van der Waals surface area contributed by atoms with Crippen LogP contribution in [0.5, 0.6) is 0 Å². The summed E-state index contributed by atoms with van der Waals surface area (Å²) in [7, 11) is 0. The van der Waals surface area contributed by atoms with Crippen LogP contribution >= 0.6 is 0 Å². The number of aromatic amines is 1. The lowest BCUT2D eigenvalue weighted by atomic mass is 10.2. The minimum absolute atomic E-state index is 0.303. The van der Waals surface area contributed by atoms with Crippen molar-refractivity contribution in [2.24, 2.45) is 0 Å². The molecule has 0 saturated carbocycles. The predicted octanol–water partition coefficient (Wildman–Crippen LogP) is 2.57. The van der Waals surface area contributed by atoms with Crippen LogP contribution in [0.15, 0.2) is 6.20 Å². The number of esters is 1. The zero-order valence-corrected chi connectivity index (χ0v) is 9.96. The van der Waals surface area contributed by atoms with Crippen molar-refractivity contribution in [3.8, 4) is 0 Å². The van der Waals surface area contributed by atoms with Crippen LogP contribution in [0.2, 0.25) is 0 Å². The van der Waals surface area contributed by atoms with Gasteiger partial charge in [-0.1, -0.05) is 27.2 Å². The number of carbonyl (C=O) groups excluding carboxylic acids is 1. The standard InChI is InChI=1S/C8H12N2O2.C3H8/c1-3-7-6(5-9-10-7)8(11)12-4-2;1-3-2/h5H,3-4H2,1-2H3,(H,9,10);3H2,1-2H3. The molecule has 1 aromatic heterocycles. The number of aryl methyl sites for hydroxylation is 1. The minimum Gasteiger partial charge on any atom is -0.462 e. The SMILES string of the molecule is CCC.CCOC(=O)c1cn[nH]c1CC. The Bertz CT molecular complexity index is 282. The van der Waals surface area contributed by atoms with Crippen molar-refractivity contribution >= 4 is 5.97 Å². The molecule has 0 bridgehead atoms. The summed E-state index contributed by atoms with van der Waals surface area (Å²) in [5.41, 5.74) is 1.37. The second kappa shape index (κ2) is 8.03. The van der Waals surface area contributed by atoms with E-state index in [1.165, 1.54) is 12.6 Å². The van der Waals surface area contributed by atoms with Gasteiger partial charge < -0.3 is 4.74 Å². The van der Waals surface area contributed by atoms with E-state index in [-0.39, 0.29) is 5.97 Å². The maximum Gasteiger partial charge on any atom is 0.341 e. The Hall–Kier alpha value is -1.32. The summed E-state index contributed by atoms with van der Waals surface area (Å²) in [5, 5.41) is 6.51. The summed E-state index contributed by atoms with van der Waals surface area (Å²) < 4.78 is 4.83. The first-order chi connectivity index (χ1) is 7.21. The number of carbonyl (C=O) groups is 1. The van der Waals surface area contributed by atoms with E-state index in [0.717, 1.165) is 12.1 Å². The molecule has 0 amide bonds. The lowest BCUT2D eigenvalue weighted by Gasteiger charge is -1.99. The summed E-state index contributed by atoms with van der Waals surface area (Å²) in [5.74, 6) is -0.303. The van der Waals surface area contributed by atoms with E-state index in [1.807, 2.05) is 6.92 Å². The van der Waals surface area contributed by atoms with Crippen molar-refractivity contribution < 1.29 is 9.53 Å². The summed E-state index contributed by atoms with van der Waals surface area (Å²) in [6, 6.07) is 0. The van der Waals surface area contributed by atoms with Crippen LogP contribution in [0.4, 0.5) is 0 Å². The molecule has 4 nitrogen and oxygen atoms in total. The second-order valence-electron chi connectivity index (χ2n) is 3.04. The number of aromatic nitrogens is 2. The van der Waals surface area contributed by atoms with Crippen molar-refractivity contribution in [3.05, 3.63) is 17.5 Å². The van der Waals surface area contributed by atoms with Crippen molar-refractivity contribution in [2.75, 3.05) is 6.61 Å². The lowest BCUT2D eigenvalue weighted by molar-refractivity contribution is 0.0525. The van der Waals surface area contributed by atoms with E-state index in [4.69, 9.17) is 4.74 Å². The molecule has 0 unspecified atom stereocenters. The molecule has 0 saturated heterocycles. The zero-order valence-electron chi connectivity index (χ0n) is 9.96. The van der Waals surface area contributed by atoms with Gasteiger partial charge in [-0.25, -0.2) is 4.79 Å². The number of nitrogens with zero attached hydrogens (tertiary/aromatic N) is 1. The van der Waals surface area contributed by atoms with Crippen LogP contribution in [0.3, 0.4) is 0 Å². The number of rotatable bonds is 3.